The van der Waals surface area contributed by atoms with E-state index in [1.165, 1.54) is 58.2 Å². The van der Waals surface area contributed by atoms with Crippen LogP contribution < -0.4 is 5.32 Å². The van der Waals surface area contributed by atoms with Crippen molar-refractivity contribution in [2.45, 2.75) is 85.2 Å². The first kappa shape index (κ1) is 17.3. The summed E-state index contributed by atoms with van der Waals surface area (Å²) in [4.78, 5) is 2.82. The molecule has 2 saturated carbocycles. The van der Waals surface area contributed by atoms with Crippen LogP contribution in [0.4, 0.5) is 0 Å². The van der Waals surface area contributed by atoms with E-state index >= 15 is 0 Å². The van der Waals surface area contributed by atoms with Gasteiger partial charge in [-0.1, -0.05) is 34.6 Å². The summed E-state index contributed by atoms with van der Waals surface area (Å²) in [5.74, 6) is 1.64. The molecule has 0 spiro atoms. The first-order chi connectivity index (χ1) is 9.91. The summed E-state index contributed by atoms with van der Waals surface area (Å²) in [6, 6.07) is 1.66. The molecular weight excluding hydrogens is 256 g/mol. The Balaban J connectivity index is 1.96. The van der Waals surface area contributed by atoms with Crippen molar-refractivity contribution >= 4 is 0 Å². The van der Waals surface area contributed by atoms with Crippen LogP contribution in [0.25, 0.3) is 0 Å². The Morgan fingerprint density at radius 1 is 1.19 bits per heavy atom. The van der Waals surface area contributed by atoms with Crippen molar-refractivity contribution in [2.75, 3.05) is 19.6 Å². The zero-order chi connectivity index (χ0) is 15.5. The summed E-state index contributed by atoms with van der Waals surface area (Å²) in [5.41, 5.74) is 0.544. The van der Waals surface area contributed by atoms with E-state index in [-0.39, 0.29) is 0 Å². The highest BCUT2D eigenvalue weighted by Gasteiger charge is 2.38. The molecule has 21 heavy (non-hydrogen) atoms. The summed E-state index contributed by atoms with van der Waals surface area (Å²) >= 11 is 0. The highest BCUT2D eigenvalue weighted by Crippen LogP contribution is 2.40. The maximum Gasteiger partial charge on any atom is 0.0108 e. The summed E-state index contributed by atoms with van der Waals surface area (Å²) < 4.78 is 0. The second kappa shape index (κ2) is 7.46. The van der Waals surface area contributed by atoms with Crippen molar-refractivity contribution in [3.63, 3.8) is 0 Å². The SMILES string of the molecule is CCCNC1CCC(C)(C)CC1CN(CC(C)C)C1CC1. The molecule has 2 nitrogen and oxygen atoms in total. The fourth-order valence-corrected chi connectivity index (χ4v) is 4.11. The predicted octanol–water partition coefficient (Wildman–Crippen LogP) is 4.30. The standard InChI is InChI=1S/C19H38N2/c1-6-11-20-18-9-10-19(4,5)12-16(18)14-21(13-15(2)3)17-7-8-17/h15-18,20H,6-14H2,1-5H3. The van der Waals surface area contributed by atoms with Crippen molar-refractivity contribution in [1.29, 1.82) is 0 Å². The monoisotopic (exact) mass is 294 g/mol. The second-order valence-electron chi connectivity index (χ2n) is 8.81. The van der Waals surface area contributed by atoms with E-state index in [0.29, 0.717) is 5.41 Å². The minimum absolute atomic E-state index is 0.544. The minimum Gasteiger partial charge on any atom is -0.314 e. The number of hydrogen-bond donors (Lipinski definition) is 1. The molecule has 2 aliphatic rings. The van der Waals surface area contributed by atoms with Gasteiger partial charge in [-0.2, -0.15) is 0 Å². The van der Waals surface area contributed by atoms with Crippen LogP contribution in [0.1, 0.15) is 73.1 Å². The van der Waals surface area contributed by atoms with Gasteiger partial charge in [0.2, 0.25) is 0 Å². The van der Waals surface area contributed by atoms with E-state index in [0.717, 1.165) is 23.9 Å². The van der Waals surface area contributed by atoms with Gasteiger partial charge >= 0.3 is 0 Å². The molecule has 124 valence electrons. The summed E-state index contributed by atoms with van der Waals surface area (Å²) in [7, 11) is 0. The van der Waals surface area contributed by atoms with Gasteiger partial charge in [-0.15, -0.1) is 0 Å². The number of nitrogens with zero attached hydrogens (tertiary/aromatic N) is 1. The smallest absolute Gasteiger partial charge is 0.0108 e. The van der Waals surface area contributed by atoms with Gasteiger partial charge in [0, 0.05) is 25.2 Å². The minimum atomic E-state index is 0.544. The maximum atomic E-state index is 3.85. The van der Waals surface area contributed by atoms with E-state index in [2.05, 4.69) is 44.8 Å². The average molecular weight is 295 g/mol. The lowest BCUT2D eigenvalue weighted by Gasteiger charge is -2.43. The molecule has 0 bridgehead atoms. The molecule has 2 fully saturated rings. The Morgan fingerprint density at radius 2 is 1.90 bits per heavy atom. The normalized spacial score (nSPS) is 29.3. The third kappa shape index (κ3) is 5.56. The molecule has 2 rings (SSSR count). The van der Waals surface area contributed by atoms with Crippen LogP contribution in [0.15, 0.2) is 0 Å². The Labute approximate surface area is 133 Å². The molecule has 2 atom stereocenters. The Hall–Kier alpha value is -0.0800. The van der Waals surface area contributed by atoms with Gasteiger partial charge in [0.25, 0.3) is 0 Å². The first-order valence-corrected chi connectivity index (χ1v) is 9.38. The molecule has 0 aromatic heterocycles. The Bertz CT molecular complexity index is 307. The highest BCUT2D eigenvalue weighted by molar-refractivity contribution is 4.93. The van der Waals surface area contributed by atoms with Crippen LogP contribution in [0.2, 0.25) is 0 Å². The van der Waals surface area contributed by atoms with Gasteiger partial charge in [-0.3, -0.25) is 4.90 Å². The molecule has 0 aromatic rings. The fraction of sp³-hybridized carbons (Fsp3) is 1.00. The van der Waals surface area contributed by atoms with E-state index in [4.69, 9.17) is 0 Å². The lowest BCUT2D eigenvalue weighted by atomic mass is 9.69. The number of nitrogens with one attached hydrogen (secondary N) is 1. The first-order valence-electron chi connectivity index (χ1n) is 9.38. The lowest BCUT2D eigenvalue weighted by Crippen LogP contribution is -2.48. The van der Waals surface area contributed by atoms with Crippen LogP contribution in [-0.4, -0.2) is 36.6 Å². The van der Waals surface area contributed by atoms with Crippen molar-refractivity contribution in [3.8, 4) is 0 Å². The third-order valence-corrected chi connectivity index (χ3v) is 5.30. The van der Waals surface area contributed by atoms with Gasteiger partial charge in [0.05, 0.1) is 0 Å². The van der Waals surface area contributed by atoms with Gasteiger partial charge in [-0.05, 0) is 62.3 Å². The number of rotatable bonds is 8. The van der Waals surface area contributed by atoms with Gasteiger partial charge in [0.15, 0.2) is 0 Å². The van der Waals surface area contributed by atoms with Crippen molar-refractivity contribution < 1.29 is 0 Å². The molecular formula is C19H38N2. The fourth-order valence-electron chi connectivity index (χ4n) is 4.11. The van der Waals surface area contributed by atoms with Crippen LogP contribution in [0.3, 0.4) is 0 Å². The average Bonchev–Trinajstić information content (AvgIpc) is 3.20. The highest BCUT2D eigenvalue weighted by atomic mass is 15.2. The largest absolute Gasteiger partial charge is 0.314 e. The third-order valence-electron chi connectivity index (χ3n) is 5.30. The Morgan fingerprint density at radius 3 is 2.48 bits per heavy atom. The molecule has 0 amide bonds. The van der Waals surface area contributed by atoms with Crippen molar-refractivity contribution in [3.05, 3.63) is 0 Å². The van der Waals surface area contributed by atoms with E-state index in [1.807, 2.05) is 0 Å². The second-order valence-corrected chi connectivity index (χ2v) is 8.81. The molecule has 0 heterocycles. The van der Waals surface area contributed by atoms with Gasteiger partial charge in [-0.25, -0.2) is 0 Å². The van der Waals surface area contributed by atoms with Gasteiger partial charge < -0.3 is 5.32 Å². The molecule has 0 aromatic carbocycles. The molecule has 0 saturated heterocycles. The molecule has 0 aliphatic heterocycles. The van der Waals surface area contributed by atoms with E-state index in [1.54, 1.807) is 0 Å². The molecule has 2 unspecified atom stereocenters. The van der Waals surface area contributed by atoms with Crippen molar-refractivity contribution in [2.24, 2.45) is 17.3 Å². The quantitative estimate of drug-likeness (QED) is 0.718. The molecule has 0 radical (unpaired) electrons. The topological polar surface area (TPSA) is 15.3 Å². The lowest BCUT2D eigenvalue weighted by molar-refractivity contribution is 0.0917. The number of hydrogen-bond acceptors (Lipinski definition) is 2. The van der Waals surface area contributed by atoms with E-state index < -0.39 is 0 Å². The predicted molar refractivity (Wildman–Crippen MR) is 92.6 cm³/mol. The van der Waals surface area contributed by atoms with Crippen LogP contribution >= 0.6 is 0 Å². The molecule has 2 heteroatoms. The van der Waals surface area contributed by atoms with Crippen LogP contribution in [0.5, 0.6) is 0 Å². The zero-order valence-electron chi connectivity index (χ0n) is 15.1. The van der Waals surface area contributed by atoms with Crippen LogP contribution in [0, 0.1) is 17.3 Å². The molecule has 2 aliphatic carbocycles. The summed E-state index contributed by atoms with van der Waals surface area (Å²) in [6.45, 7) is 15.8. The zero-order valence-corrected chi connectivity index (χ0v) is 15.1. The summed E-state index contributed by atoms with van der Waals surface area (Å²) in [5, 5.41) is 3.85. The molecule has 1 N–H and O–H groups in total. The Kier molecular flexibility index (Phi) is 6.14. The van der Waals surface area contributed by atoms with Crippen LogP contribution in [-0.2, 0) is 0 Å². The van der Waals surface area contributed by atoms with Crippen molar-refractivity contribution in [1.82, 2.24) is 10.2 Å². The maximum absolute atomic E-state index is 3.85. The van der Waals surface area contributed by atoms with E-state index in [9.17, 15) is 0 Å². The van der Waals surface area contributed by atoms with Gasteiger partial charge in [0.1, 0.15) is 0 Å². The summed E-state index contributed by atoms with van der Waals surface area (Å²) in [6.07, 6.45) is 8.29.